The van der Waals surface area contributed by atoms with E-state index in [-0.39, 0.29) is 5.91 Å². The minimum absolute atomic E-state index is 0.258. The van der Waals surface area contributed by atoms with Crippen molar-refractivity contribution in [3.8, 4) is 0 Å². The molecule has 0 fully saturated rings. The van der Waals surface area contributed by atoms with E-state index in [9.17, 15) is 4.79 Å². The zero-order chi connectivity index (χ0) is 14.5. The number of benzene rings is 2. The van der Waals surface area contributed by atoms with Crippen LogP contribution in [0.3, 0.4) is 0 Å². The van der Waals surface area contributed by atoms with Gasteiger partial charge in [-0.15, -0.1) is 0 Å². The summed E-state index contributed by atoms with van der Waals surface area (Å²) in [4.78, 5) is 11.9. The molecule has 0 aliphatic carbocycles. The molecule has 0 aromatic heterocycles. The maximum Gasteiger partial charge on any atom is 0.271 e. The molecule has 3 nitrogen and oxygen atoms in total. The van der Waals surface area contributed by atoms with Crippen molar-refractivity contribution in [2.24, 2.45) is 5.10 Å². The summed E-state index contributed by atoms with van der Waals surface area (Å²) < 4.78 is 1.16. The molecule has 2 rings (SSSR count). The highest BCUT2D eigenvalue weighted by Gasteiger charge is 2.04. The molecule has 0 radical (unpaired) electrons. The molecule has 2 aromatic rings. The molecule has 0 heterocycles. The van der Waals surface area contributed by atoms with E-state index in [4.69, 9.17) is 11.6 Å². The van der Waals surface area contributed by atoms with Gasteiger partial charge in [0.05, 0.1) is 5.71 Å². The summed E-state index contributed by atoms with van der Waals surface area (Å²) in [6, 6.07) is 14.6. The molecule has 20 heavy (non-hydrogen) atoms. The molecule has 0 saturated heterocycles. The average molecular weight is 399 g/mol. The minimum atomic E-state index is -0.258. The van der Waals surface area contributed by atoms with E-state index in [1.54, 1.807) is 24.3 Å². The molecule has 1 amide bonds. The standard InChI is InChI=1S/C15H12ClIN2O/c1-10(11-4-8-14(17)9-5-11)18-19-15(20)12-2-6-13(16)7-3-12/h2-9H,1H3,(H,19,20)/b18-10-. The summed E-state index contributed by atoms with van der Waals surface area (Å²) in [6.45, 7) is 1.85. The number of amides is 1. The maximum atomic E-state index is 11.9. The van der Waals surface area contributed by atoms with E-state index < -0.39 is 0 Å². The van der Waals surface area contributed by atoms with Crippen LogP contribution in [0.1, 0.15) is 22.8 Å². The fraction of sp³-hybridized carbons (Fsp3) is 0.0667. The highest BCUT2D eigenvalue weighted by molar-refractivity contribution is 14.1. The van der Waals surface area contributed by atoms with Crippen molar-refractivity contribution in [3.05, 3.63) is 68.3 Å². The number of nitrogens with zero attached hydrogens (tertiary/aromatic N) is 1. The second kappa shape index (κ2) is 6.85. The van der Waals surface area contributed by atoms with Crippen LogP contribution in [0.15, 0.2) is 53.6 Å². The van der Waals surface area contributed by atoms with Crippen molar-refractivity contribution in [2.75, 3.05) is 0 Å². The van der Waals surface area contributed by atoms with Crippen LogP contribution in [0.25, 0.3) is 0 Å². The molecule has 5 heteroatoms. The van der Waals surface area contributed by atoms with E-state index >= 15 is 0 Å². The van der Waals surface area contributed by atoms with E-state index in [1.165, 1.54) is 0 Å². The van der Waals surface area contributed by atoms with Crippen LogP contribution in [0, 0.1) is 3.57 Å². The molecule has 102 valence electrons. The molecule has 0 unspecified atom stereocenters. The Bertz CT molecular complexity index is 636. The van der Waals surface area contributed by atoms with Crippen LogP contribution in [0.5, 0.6) is 0 Å². The number of hydrazone groups is 1. The zero-order valence-electron chi connectivity index (χ0n) is 10.7. The van der Waals surface area contributed by atoms with Crippen LogP contribution in [0.2, 0.25) is 5.02 Å². The predicted octanol–water partition coefficient (Wildman–Crippen LogP) is 4.10. The van der Waals surface area contributed by atoms with Crippen molar-refractivity contribution < 1.29 is 4.79 Å². The summed E-state index contributed by atoms with van der Waals surface area (Å²) in [5, 5.41) is 4.70. The van der Waals surface area contributed by atoms with Gasteiger partial charge >= 0.3 is 0 Å². The normalized spacial score (nSPS) is 11.2. The first-order valence-electron chi connectivity index (χ1n) is 5.92. The zero-order valence-corrected chi connectivity index (χ0v) is 13.6. The Kier molecular flexibility index (Phi) is 5.14. The maximum absolute atomic E-state index is 11.9. The second-order valence-electron chi connectivity index (χ2n) is 4.15. The number of carbonyl (C=O) groups is 1. The quantitative estimate of drug-likeness (QED) is 0.472. The molecular formula is C15H12ClIN2O. The molecule has 0 bridgehead atoms. The lowest BCUT2D eigenvalue weighted by molar-refractivity contribution is 0.0955. The smallest absolute Gasteiger partial charge is 0.267 e. The molecule has 1 N–H and O–H groups in total. The fourth-order valence-corrected chi connectivity index (χ4v) is 2.04. The SMILES string of the molecule is C/C(=N/NC(=O)c1ccc(Cl)cc1)c1ccc(I)cc1. The number of hydrogen-bond acceptors (Lipinski definition) is 2. The fourth-order valence-electron chi connectivity index (χ4n) is 1.56. The molecule has 2 aromatic carbocycles. The highest BCUT2D eigenvalue weighted by Crippen LogP contribution is 2.10. The average Bonchev–Trinajstić information content (AvgIpc) is 2.46. The van der Waals surface area contributed by atoms with Crippen molar-refractivity contribution in [1.29, 1.82) is 0 Å². The lowest BCUT2D eigenvalue weighted by Crippen LogP contribution is -2.19. The van der Waals surface area contributed by atoms with Crippen molar-refractivity contribution in [3.63, 3.8) is 0 Å². The van der Waals surface area contributed by atoms with Crippen molar-refractivity contribution >= 4 is 45.8 Å². The van der Waals surface area contributed by atoms with Gasteiger partial charge < -0.3 is 0 Å². The first-order chi connectivity index (χ1) is 9.56. The first kappa shape index (κ1) is 15.0. The molecule has 0 aliphatic heterocycles. The van der Waals surface area contributed by atoms with Gasteiger partial charge in [0, 0.05) is 14.2 Å². The molecule has 0 saturated carbocycles. The van der Waals surface area contributed by atoms with Crippen LogP contribution in [-0.2, 0) is 0 Å². The van der Waals surface area contributed by atoms with E-state index in [2.05, 4.69) is 33.1 Å². The van der Waals surface area contributed by atoms with Crippen LogP contribution in [0.4, 0.5) is 0 Å². The van der Waals surface area contributed by atoms with Crippen LogP contribution < -0.4 is 5.43 Å². The summed E-state index contributed by atoms with van der Waals surface area (Å²) in [6.07, 6.45) is 0. The lowest BCUT2D eigenvalue weighted by Gasteiger charge is -2.03. The van der Waals surface area contributed by atoms with E-state index in [1.807, 2.05) is 31.2 Å². The van der Waals surface area contributed by atoms with Gasteiger partial charge in [0.25, 0.3) is 5.91 Å². The summed E-state index contributed by atoms with van der Waals surface area (Å²) >= 11 is 8.02. The van der Waals surface area contributed by atoms with Gasteiger partial charge in [-0.25, -0.2) is 5.43 Å². The minimum Gasteiger partial charge on any atom is -0.267 e. The van der Waals surface area contributed by atoms with Gasteiger partial charge in [0.1, 0.15) is 0 Å². The van der Waals surface area contributed by atoms with Gasteiger partial charge in [-0.05, 0) is 71.5 Å². The molecule has 0 atom stereocenters. The van der Waals surface area contributed by atoms with Gasteiger partial charge in [0.15, 0.2) is 0 Å². The van der Waals surface area contributed by atoms with E-state index in [0.29, 0.717) is 10.6 Å². The van der Waals surface area contributed by atoms with E-state index in [0.717, 1.165) is 14.8 Å². The highest BCUT2D eigenvalue weighted by atomic mass is 127. The lowest BCUT2D eigenvalue weighted by atomic mass is 10.1. The first-order valence-corrected chi connectivity index (χ1v) is 7.38. The van der Waals surface area contributed by atoms with Gasteiger partial charge in [-0.3, -0.25) is 4.79 Å². The number of hydrogen-bond donors (Lipinski definition) is 1. The Balaban J connectivity index is 2.06. The Morgan fingerprint density at radius 2 is 1.60 bits per heavy atom. The number of rotatable bonds is 3. The Labute approximate surface area is 136 Å². The van der Waals surface area contributed by atoms with Gasteiger partial charge in [-0.1, -0.05) is 23.7 Å². The molecule has 0 spiro atoms. The topological polar surface area (TPSA) is 41.5 Å². The van der Waals surface area contributed by atoms with Crippen LogP contribution in [-0.4, -0.2) is 11.6 Å². The van der Waals surface area contributed by atoms with Gasteiger partial charge in [0.2, 0.25) is 0 Å². The largest absolute Gasteiger partial charge is 0.271 e. The Morgan fingerprint density at radius 1 is 1.05 bits per heavy atom. The third-order valence-corrected chi connectivity index (χ3v) is 3.66. The predicted molar refractivity (Wildman–Crippen MR) is 90.3 cm³/mol. The summed E-state index contributed by atoms with van der Waals surface area (Å²) in [7, 11) is 0. The second-order valence-corrected chi connectivity index (χ2v) is 5.83. The molecular weight excluding hydrogens is 387 g/mol. The molecule has 0 aliphatic rings. The van der Waals surface area contributed by atoms with Gasteiger partial charge in [-0.2, -0.15) is 5.10 Å². The number of carbonyl (C=O) groups excluding carboxylic acids is 1. The summed E-state index contributed by atoms with van der Waals surface area (Å²) in [5.41, 5.74) is 4.78. The summed E-state index contributed by atoms with van der Waals surface area (Å²) in [5.74, 6) is -0.258. The van der Waals surface area contributed by atoms with Crippen LogP contribution >= 0.6 is 34.2 Å². The Morgan fingerprint density at radius 3 is 2.20 bits per heavy atom. The Hall–Kier alpha value is -1.40. The number of nitrogens with one attached hydrogen (secondary N) is 1. The third-order valence-electron chi connectivity index (χ3n) is 2.69. The number of halogens is 2. The third kappa shape index (κ3) is 4.05. The van der Waals surface area contributed by atoms with Crippen molar-refractivity contribution in [2.45, 2.75) is 6.92 Å². The van der Waals surface area contributed by atoms with Crippen molar-refractivity contribution in [1.82, 2.24) is 5.43 Å². The monoisotopic (exact) mass is 398 g/mol.